The highest BCUT2D eigenvalue weighted by Crippen LogP contribution is 2.26. The Morgan fingerprint density at radius 3 is 2.52 bits per heavy atom. The van der Waals surface area contributed by atoms with Gasteiger partial charge >= 0.3 is 5.97 Å². The average Bonchev–Trinajstić information content (AvgIpc) is 3.09. The number of nitrogens with zero attached hydrogens (tertiary/aromatic N) is 1. The summed E-state index contributed by atoms with van der Waals surface area (Å²) >= 11 is 0. The third kappa shape index (κ3) is 3.77. The standard InChI is InChI=1S/C20H17NO4/c1-13-11-14(20(22)23)3-9-18(13)19-10-8-17(25-19)12-21-15-4-6-16(24-2)7-5-15/h3-12H,1-2H3,(H,22,23). The third-order valence-corrected chi connectivity index (χ3v) is 3.78. The Labute approximate surface area is 145 Å². The molecular formula is C20H17NO4. The number of ether oxygens (including phenoxy) is 1. The molecule has 0 fully saturated rings. The van der Waals surface area contributed by atoms with Crippen molar-refractivity contribution in [1.82, 2.24) is 0 Å². The molecule has 1 N–H and O–H groups in total. The molecule has 0 amide bonds. The molecule has 5 nitrogen and oxygen atoms in total. The van der Waals surface area contributed by atoms with Crippen molar-refractivity contribution in [3.63, 3.8) is 0 Å². The van der Waals surface area contributed by atoms with Gasteiger partial charge in [-0.3, -0.25) is 4.99 Å². The lowest BCUT2D eigenvalue weighted by Crippen LogP contribution is -1.96. The van der Waals surface area contributed by atoms with Gasteiger partial charge in [0.2, 0.25) is 0 Å². The lowest BCUT2D eigenvalue weighted by molar-refractivity contribution is 0.0697. The second-order valence-corrected chi connectivity index (χ2v) is 5.49. The van der Waals surface area contributed by atoms with Gasteiger partial charge in [0.15, 0.2) is 0 Å². The fraction of sp³-hybridized carbons (Fsp3) is 0.100. The first-order valence-electron chi connectivity index (χ1n) is 7.69. The van der Waals surface area contributed by atoms with Crippen LogP contribution >= 0.6 is 0 Å². The second-order valence-electron chi connectivity index (χ2n) is 5.49. The predicted octanol–water partition coefficient (Wildman–Crippen LogP) is 4.71. The molecule has 0 aliphatic rings. The van der Waals surface area contributed by atoms with E-state index in [0.29, 0.717) is 11.5 Å². The molecule has 0 saturated heterocycles. The molecule has 25 heavy (non-hydrogen) atoms. The molecular weight excluding hydrogens is 318 g/mol. The third-order valence-electron chi connectivity index (χ3n) is 3.78. The SMILES string of the molecule is COc1ccc(N=Cc2ccc(-c3ccc(C(=O)O)cc3C)o2)cc1. The normalized spacial score (nSPS) is 11.0. The van der Waals surface area contributed by atoms with Gasteiger partial charge < -0.3 is 14.3 Å². The van der Waals surface area contributed by atoms with Crippen molar-refractivity contribution < 1.29 is 19.1 Å². The molecule has 0 radical (unpaired) electrons. The van der Waals surface area contributed by atoms with Crippen molar-refractivity contribution in [3.8, 4) is 17.1 Å². The summed E-state index contributed by atoms with van der Waals surface area (Å²) in [5, 5.41) is 9.04. The van der Waals surface area contributed by atoms with E-state index >= 15 is 0 Å². The van der Waals surface area contributed by atoms with Gasteiger partial charge in [0, 0.05) is 5.56 Å². The van der Waals surface area contributed by atoms with Crippen molar-refractivity contribution >= 4 is 17.9 Å². The highest BCUT2D eigenvalue weighted by atomic mass is 16.5. The van der Waals surface area contributed by atoms with Crippen LogP contribution < -0.4 is 4.74 Å². The number of carboxylic acids is 1. The molecule has 126 valence electrons. The van der Waals surface area contributed by atoms with Crippen LogP contribution in [0, 0.1) is 6.92 Å². The van der Waals surface area contributed by atoms with Crippen LogP contribution in [0.15, 0.2) is 64.0 Å². The Balaban J connectivity index is 1.80. The van der Waals surface area contributed by atoms with Crippen LogP contribution in [0.1, 0.15) is 21.7 Å². The second kappa shape index (κ2) is 7.05. The zero-order chi connectivity index (χ0) is 17.8. The summed E-state index contributed by atoms with van der Waals surface area (Å²) in [5.74, 6) is 1.12. The molecule has 1 aromatic heterocycles. The maximum atomic E-state index is 11.0. The lowest BCUT2D eigenvalue weighted by atomic mass is 10.0. The van der Waals surface area contributed by atoms with Crippen molar-refractivity contribution in [3.05, 3.63) is 71.5 Å². The van der Waals surface area contributed by atoms with E-state index in [4.69, 9.17) is 14.3 Å². The van der Waals surface area contributed by atoms with Crippen LogP contribution in [0.3, 0.4) is 0 Å². The number of carboxylic acid groups (broad SMARTS) is 1. The smallest absolute Gasteiger partial charge is 0.335 e. The zero-order valence-corrected chi connectivity index (χ0v) is 13.9. The Morgan fingerprint density at radius 2 is 1.88 bits per heavy atom. The van der Waals surface area contributed by atoms with E-state index in [1.165, 1.54) is 0 Å². The van der Waals surface area contributed by atoms with E-state index in [9.17, 15) is 4.79 Å². The highest BCUT2D eigenvalue weighted by molar-refractivity contribution is 5.89. The monoisotopic (exact) mass is 335 g/mol. The molecule has 0 aliphatic heterocycles. The van der Waals surface area contributed by atoms with Crippen molar-refractivity contribution in [2.24, 2.45) is 4.99 Å². The van der Waals surface area contributed by atoms with E-state index in [-0.39, 0.29) is 5.56 Å². The number of aliphatic imine (C=N–C) groups is 1. The summed E-state index contributed by atoms with van der Waals surface area (Å²) in [5.41, 5.74) is 2.75. The molecule has 3 aromatic rings. The van der Waals surface area contributed by atoms with Crippen LogP contribution in [0.25, 0.3) is 11.3 Å². The molecule has 0 spiro atoms. The molecule has 0 saturated carbocycles. The molecule has 5 heteroatoms. The molecule has 0 aliphatic carbocycles. The molecule has 0 unspecified atom stereocenters. The number of carbonyl (C=O) groups is 1. The summed E-state index contributed by atoms with van der Waals surface area (Å²) < 4.78 is 10.9. The van der Waals surface area contributed by atoms with Gasteiger partial charge in [-0.05, 0) is 61.0 Å². The Kier molecular flexibility index (Phi) is 4.66. The molecule has 1 heterocycles. The maximum absolute atomic E-state index is 11.0. The minimum atomic E-state index is -0.943. The van der Waals surface area contributed by atoms with Crippen molar-refractivity contribution in [2.45, 2.75) is 6.92 Å². The van der Waals surface area contributed by atoms with Crippen LogP contribution in [0.5, 0.6) is 5.75 Å². The van der Waals surface area contributed by atoms with Gasteiger partial charge in [-0.2, -0.15) is 0 Å². The Hall–Kier alpha value is -3.34. The van der Waals surface area contributed by atoms with Gasteiger partial charge in [-0.25, -0.2) is 4.79 Å². The molecule has 0 bridgehead atoms. The molecule has 3 rings (SSSR count). The number of aryl methyl sites for hydroxylation is 1. The lowest BCUT2D eigenvalue weighted by Gasteiger charge is -2.03. The fourth-order valence-corrected chi connectivity index (χ4v) is 2.45. The summed E-state index contributed by atoms with van der Waals surface area (Å²) in [7, 11) is 1.62. The number of rotatable bonds is 5. The quantitative estimate of drug-likeness (QED) is 0.685. The highest BCUT2D eigenvalue weighted by Gasteiger charge is 2.10. The van der Waals surface area contributed by atoms with E-state index in [2.05, 4.69) is 4.99 Å². The topological polar surface area (TPSA) is 72.0 Å². The average molecular weight is 335 g/mol. The fourth-order valence-electron chi connectivity index (χ4n) is 2.45. The maximum Gasteiger partial charge on any atom is 0.335 e. The van der Waals surface area contributed by atoms with Gasteiger partial charge in [0.1, 0.15) is 17.3 Å². The number of methoxy groups -OCH3 is 1. The first-order chi connectivity index (χ1) is 12.1. The van der Waals surface area contributed by atoms with Crippen LogP contribution in [0.2, 0.25) is 0 Å². The van der Waals surface area contributed by atoms with E-state index in [1.54, 1.807) is 31.5 Å². The van der Waals surface area contributed by atoms with Crippen LogP contribution in [-0.4, -0.2) is 24.4 Å². The number of hydrogen-bond acceptors (Lipinski definition) is 4. The number of aromatic carboxylic acids is 1. The predicted molar refractivity (Wildman–Crippen MR) is 96.1 cm³/mol. The van der Waals surface area contributed by atoms with Gasteiger partial charge in [0.05, 0.1) is 24.6 Å². The number of furan rings is 1. The first-order valence-corrected chi connectivity index (χ1v) is 7.69. The van der Waals surface area contributed by atoms with Gasteiger partial charge in [0.25, 0.3) is 0 Å². The van der Waals surface area contributed by atoms with Crippen molar-refractivity contribution in [1.29, 1.82) is 0 Å². The first kappa shape index (κ1) is 16.5. The minimum absolute atomic E-state index is 0.258. The van der Waals surface area contributed by atoms with Crippen LogP contribution in [-0.2, 0) is 0 Å². The number of hydrogen-bond donors (Lipinski definition) is 1. The largest absolute Gasteiger partial charge is 0.497 e. The summed E-state index contributed by atoms with van der Waals surface area (Å²) in [6, 6.07) is 16.0. The van der Waals surface area contributed by atoms with E-state index in [1.807, 2.05) is 43.3 Å². The van der Waals surface area contributed by atoms with Crippen molar-refractivity contribution in [2.75, 3.05) is 7.11 Å². The molecule has 2 aromatic carbocycles. The summed E-state index contributed by atoms with van der Waals surface area (Å²) in [6.45, 7) is 1.86. The molecule has 0 atom stereocenters. The summed E-state index contributed by atoms with van der Waals surface area (Å²) in [6.07, 6.45) is 1.65. The van der Waals surface area contributed by atoms with E-state index in [0.717, 1.165) is 22.6 Å². The summed E-state index contributed by atoms with van der Waals surface area (Å²) in [4.78, 5) is 15.4. The van der Waals surface area contributed by atoms with Crippen LogP contribution in [0.4, 0.5) is 5.69 Å². The Bertz CT molecular complexity index is 923. The number of benzene rings is 2. The van der Waals surface area contributed by atoms with Gasteiger partial charge in [-0.15, -0.1) is 0 Å². The Morgan fingerprint density at radius 1 is 1.12 bits per heavy atom. The van der Waals surface area contributed by atoms with Gasteiger partial charge in [-0.1, -0.05) is 6.07 Å². The minimum Gasteiger partial charge on any atom is -0.497 e. The zero-order valence-electron chi connectivity index (χ0n) is 13.9. The van der Waals surface area contributed by atoms with E-state index < -0.39 is 5.97 Å².